The van der Waals surface area contributed by atoms with Gasteiger partial charge in [0.15, 0.2) is 0 Å². The molecule has 0 radical (unpaired) electrons. The SMILES string of the molecule is CC1CC(NCCC(=O)NC2CC2)CC(C)(C)C1. The number of rotatable bonds is 5. The van der Waals surface area contributed by atoms with Gasteiger partial charge in [0, 0.05) is 25.0 Å². The summed E-state index contributed by atoms with van der Waals surface area (Å²) in [7, 11) is 0. The minimum atomic E-state index is 0.216. The molecule has 0 bridgehead atoms. The fourth-order valence-electron chi connectivity index (χ4n) is 3.42. The van der Waals surface area contributed by atoms with E-state index < -0.39 is 0 Å². The van der Waals surface area contributed by atoms with Gasteiger partial charge < -0.3 is 10.6 Å². The van der Waals surface area contributed by atoms with E-state index in [2.05, 4.69) is 31.4 Å². The Bertz CT molecular complexity index is 297. The first-order chi connectivity index (χ1) is 8.44. The molecule has 0 aromatic carbocycles. The fourth-order valence-corrected chi connectivity index (χ4v) is 3.42. The van der Waals surface area contributed by atoms with Gasteiger partial charge in [-0.15, -0.1) is 0 Å². The van der Waals surface area contributed by atoms with Crippen LogP contribution in [-0.2, 0) is 4.79 Å². The fraction of sp³-hybridized carbons (Fsp3) is 0.933. The highest BCUT2D eigenvalue weighted by Gasteiger charge is 2.31. The summed E-state index contributed by atoms with van der Waals surface area (Å²) >= 11 is 0. The van der Waals surface area contributed by atoms with Gasteiger partial charge in [-0.25, -0.2) is 0 Å². The van der Waals surface area contributed by atoms with Gasteiger partial charge in [0.1, 0.15) is 0 Å². The predicted molar refractivity (Wildman–Crippen MR) is 74.4 cm³/mol. The first-order valence-corrected chi connectivity index (χ1v) is 7.47. The normalized spacial score (nSPS) is 31.1. The van der Waals surface area contributed by atoms with Crippen LogP contribution in [0.15, 0.2) is 0 Å². The number of hydrogen-bond donors (Lipinski definition) is 2. The van der Waals surface area contributed by atoms with Crippen molar-refractivity contribution in [2.45, 2.75) is 71.4 Å². The summed E-state index contributed by atoms with van der Waals surface area (Å²) in [6.45, 7) is 7.88. The summed E-state index contributed by atoms with van der Waals surface area (Å²) in [6, 6.07) is 1.09. The Balaban J connectivity index is 1.64. The molecule has 2 aliphatic rings. The summed E-state index contributed by atoms with van der Waals surface area (Å²) in [4.78, 5) is 11.6. The molecule has 3 heteroatoms. The lowest BCUT2D eigenvalue weighted by Crippen LogP contribution is -2.41. The van der Waals surface area contributed by atoms with Crippen LogP contribution in [0.5, 0.6) is 0 Å². The first kappa shape index (κ1) is 13.9. The van der Waals surface area contributed by atoms with Crippen LogP contribution in [0.2, 0.25) is 0 Å². The monoisotopic (exact) mass is 252 g/mol. The van der Waals surface area contributed by atoms with Crippen LogP contribution in [0.4, 0.5) is 0 Å². The van der Waals surface area contributed by atoms with E-state index in [1.807, 2.05) is 0 Å². The molecule has 0 aliphatic heterocycles. The molecule has 2 rings (SSSR count). The van der Waals surface area contributed by atoms with Crippen LogP contribution >= 0.6 is 0 Å². The molecule has 18 heavy (non-hydrogen) atoms. The standard InChI is InChI=1S/C15H28N2O/c1-11-8-13(10-15(2,3)9-11)16-7-6-14(18)17-12-4-5-12/h11-13,16H,4-10H2,1-3H3,(H,17,18). The maximum absolute atomic E-state index is 11.6. The van der Waals surface area contributed by atoms with Gasteiger partial charge in [-0.1, -0.05) is 20.8 Å². The third-order valence-corrected chi connectivity index (χ3v) is 4.11. The van der Waals surface area contributed by atoms with Crippen LogP contribution in [0.3, 0.4) is 0 Å². The lowest BCUT2D eigenvalue weighted by molar-refractivity contribution is -0.121. The molecule has 2 saturated carbocycles. The molecule has 0 heterocycles. The highest BCUT2D eigenvalue weighted by molar-refractivity contribution is 5.76. The first-order valence-electron chi connectivity index (χ1n) is 7.47. The number of hydrogen-bond acceptors (Lipinski definition) is 2. The molecule has 2 fully saturated rings. The molecule has 3 nitrogen and oxygen atoms in total. The highest BCUT2D eigenvalue weighted by Crippen LogP contribution is 2.38. The molecule has 0 aromatic rings. The van der Waals surface area contributed by atoms with Gasteiger partial charge in [0.2, 0.25) is 5.91 Å². The van der Waals surface area contributed by atoms with Crippen molar-refractivity contribution >= 4 is 5.91 Å². The van der Waals surface area contributed by atoms with Crippen LogP contribution < -0.4 is 10.6 Å². The third kappa shape index (κ3) is 4.60. The number of carbonyl (C=O) groups excluding carboxylic acids is 1. The van der Waals surface area contributed by atoms with Crippen molar-refractivity contribution < 1.29 is 4.79 Å². The Hall–Kier alpha value is -0.570. The van der Waals surface area contributed by atoms with Gasteiger partial charge in [-0.05, 0) is 43.4 Å². The highest BCUT2D eigenvalue weighted by atomic mass is 16.1. The topological polar surface area (TPSA) is 41.1 Å². The predicted octanol–water partition coefficient (Wildman–Crippen LogP) is 2.46. The summed E-state index contributed by atoms with van der Waals surface area (Å²) in [5, 5.41) is 6.61. The van der Waals surface area contributed by atoms with E-state index in [-0.39, 0.29) is 5.91 Å². The molecule has 2 N–H and O–H groups in total. The molecule has 104 valence electrons. The van der Waals surface area contributed by atoms with Crippen LogP contribution in [0.25, 0.3) is 0 Å². The van der Waals surface area contributed by atoms with E-state index in [0.29, 0.717) is 23.9 Å². The van der Waals surface area contributed by atoms with Crippen molar-refractivity contribution in [3.8, 4) is 0 Å². The Labute approximate surface area is 111 Å². The van der Waals surface area contributed by atoms with Gasteiger partial charge in [0.25, 0.3) is 0 Å². The van der Waals surface area contributed by atoms with E-state index >= 15 is 0 Å². The minimum Gasteiger partial charge on any atom is -0.353 e. The zero-order chi connectivity index (χ0) is 13.2. The number of amides is 1. The molecule has 2 atom stereocenters. The second kappa shape index (κ2) is 5.60. The van der Waals surface area contributed by atoms with Gasteiger partial charge in [-0.2, -0.15) is 0 Å². The van der Waals surface area contributed by atoms with Crippen LogP contribution in [-0.4, -0.2) is 24.5 Å². The van der Waals surface area contributed by atoms with E-state index in [1.54, 1.807) is 0 Å². The summed E-state index contributed by atoms with van der Waals surface area (Å²) in [5.74, 6) is 1.01. The molecule has 0 aromatic heterocycles. The number of nitrogens with one attached hydrogen (secondary N) is 2. The lowest BCUT2D eigenvalue weighted by Gasteiger charge is -2.39. The van der Waals surface area contributed by atoms with E-state index in [1.165, 1.54) is 32.1 Å². The molecular weight excluding hydrogens is 224 g/mol. The van der Waals surface area contributed by atoms with E-state index in [4.69, 9.17) is 0 Å². The Morgan fingerprint density at radius 1 is 1.22 bits per heavy atom. The maximum atomic E-state index is 11.6. The zero-order valence-electron chi connectivity index (χ0n) is 12.1. The quantitative estimate of drug-likeness (QED) is 0.789. The Morgan fingerprint density at radius 2 is 1.94 bits per heavy atom. The summed E-state index contributed by atoms with van der Waals surface area (Å²) < 4.78 is 0. The maximum Gasteiger partial charge on any atom is 0.221 e. The summed E-state index contributed by atoms with van der Waals surface area (Å²) in [5.41, 5.74) is 0.450. The Morgan fingerprint density at radius 3 is 2.56 bits per heavy atom. The van der Waals surface area contributed by atoms with E-state index in [0.717, 1.165) is 12.5 Å². The largest absolute Gasteiger partial charge is 0.353 e. The Kier molecular flexibility index (Phi) is 4.31. The van der Waals surface area contributed by atoms with Crippen molar-refractivity contribution in [2.75, 3.05) is 6.54 Å². The molecule has 2 aliphatic carbocycles. The lowest BCUT2D eigenvalue weighted by atomic mass is 9.70. The smallest absolute Gasteiger partial charge is 0.221 e. The molecule has 0 spiro atoms. The van der Waals surface area contributed by atoms with Gasteiger partial charge >= 0.3 is 0 Å². The van der Waals surface area contributed by atoms with Crippen molar-refractivity contribution in [1.82, 2.24) is 10.6 Å². The average Bonchev–Trinajstić information content (AvgIpc) is 2.98. The average molecular weight is 252 g/mol. The second-order valence-corrected chi connectivity index (χ2v) is 7.16. The van der Waals surface area contributed by atoms with Crippen LogP contribution in [0.1, 0.15) is 59.3 Å². The van der Waals surface area contributed by atoms with E-state index in [9.17, 15) is 4.79 Å². The second-order valence-electron chi connectivity index (χ2n) is 7.16. The third-order valence-electron chi connectivity index (χ3n) is 4.11. The van der Waals surface area contributed by atoms with Gasteiger partial charge in [0.05, 0.1) is 0 Å². The van der Waals surface area contributed by atoms with Gasteiger partial charge in [-0.3, -0.25) is 4.79 Å². The van der Waals surface area contributed by atoms with Crippen molar-refractivity contribution in [2.24, 2.45) is 11.3 Å². The zero-order valence-corrected chi connectivity index (χ0v) is 12.1. The number of carbonyl (C=O) groups is 1. The minimum absolute atomic E-state index is 0.216. The van der Waals surface area contributed by atoms with Crippen LogP contribution in [0, 0.1) is 11.3 Å². The molecule has 2 unspecified atom stereocenters. The molecular formula is C15H28N2O. The molecule has 0 saturated heterocycles. The molecule has 1 amide bonds. The van der Waals surface area contributed by atoms with Crippen molar-refractivity contribution in [3.05, 3.63) is 0 Å². The summed E-state index contributed by atoms with van der Waals surface area (Å²) in [6.07, 6.45) is 6.80. The van der Waals surface area contributed by atoms with Crippen molar-refractivity contribution in [3.63, 3.8) is 0 Å². The van der Waals surface area contributed by atoms with Crippen molar-refractivity contribution in [1.29, 1.82) is 0 Å².